The van der Waals surface area contributed by atoms with E-state index < -0.39 is 0 Å². The van der Waals surface area contributed by atoms with E-state index in [2.05, 4.69) is 31.7 Å². The van der Waals surface area contributed by atoms with Crippen molar-refractivity contribution in [1.29, 1.82) is 0 Å². The van der Waals surface area contributed by atoms with Crippen LogP contribution in [0.25, 0.3) is 0 Å². The van der Waals surface area contributed by atoms with Gasteiger partial charge >= 0.3 is 0 Å². The lowest BCUT2D eigenvalue weighted by Gasteiger charge is -2.17. The fraction of sp³-hybridized carbons (Fsp3) is 0.333. The average molecular weight is 349 g/mol. The number of rotatable bonds is 3. The number of nitrogens with zero attached hydrogens (tertiary/aromatic N) is 2. The van der Waals surface area contributed by atoms with Gasteiger partial charge in [0.2, 0.25) is 5.91 Å². The Morgan fingerprint density at radius 3 is 2.81 bits per heavy atom. The quantitative estimate of drug-likeness (QED) is 0.893. The van der Waals surface area contributed by atoms with Crippen molar-refractivity contribution < 1.29 is 4.79 Å². The van der Waals surface area contributed by atoms with Crippen LogP contribution < -0.4 is 10.6 Å². The third-order valence-corrected chi connectivity index (χ3v) is 4.34. The first-order valence-corrected chi connectivity index (χ1v) is 7.68. The molecule has 1 fully saturated rings. The summed E-state index contributed by atoms with van der Waals surface area (Å²) in [6.45, 7) is 1.51. The van der Waals surface area contributed by atoms with Gasteiger partial charge in [0.15, 0.2) is 0 Å². The highest BCUT2D eigenvalue weighted by atomic mass is 79.9. The normalized spacial score (nSPS) is 21.4. The summed E-state index contributed by atoms with van der Waals surface area (Å²) in [7, 11) is 1.89. The van der Waals surface area contributed by atoms with Crippen LogP contribution in [-0.2, 0) is 11.8 Å². The van der Waals surface area contributed by atoms with E-state index in [-0.39, 0.29) is 17.7 Å². The molecule has 3 rings (SSSR count). The van der Waals surface area contributed by atoms with Crippen LogP contribution in [0.4, 0.5) is 5.69 Å². The van der Waals surface area contributed by atoms with Crippen LogP contribution in [0.3, 0.4) is 0 Å². The topological polar surface area (TPSA) is 59.0 Å². The first kappa shape index (κ1) is 14.3. The summed E-state index contributed by atoms with van der Waals surface area (Å²) in [5.41, 5.74) is 1.93. The van der Waals surface area contributed by atoms with Crippen molar-refractivity contribution in [2.75, 3.05) is 18.4 Å². The molecular formula is C15H17BrN4O. The lowest BCUT2D eigenvalue weighted by Crippen LogP contribution is -2.28. The second-order valence-corrected chi connectivity index (χ2v) is 6.23. The van der Waals surface area contributed by atoms with Crippen LogP contribution in [-0.4, -0.2) is 28.8 Å². The van der Waals surface area contributed by atoms with Crippen LogP contribution in [0.5, 0.6) is 0 Å². The molecule has 1 aliphatic rings. The van der Waals surface area contributed by atoms with E-state index >= 15 is 0 Å². The fourth-order valence-corrected chi connectivity index (χ4v) is 2.97. The number of benzene rings is 1. The third-order valence-electron chi connectivity index (χ3n) is 3.82. The van der Waals surface area contributed by atoms with Crippen LogP contribution in [0.15, 0.2) is 41.1 Å². The molecule has 2 atom stereocenters. The Labute approximate surface area is 131 Å². The molecule has 1 amide bonds. The minimum Gasteiger partial charge on any atom is -0.326 e. The molecule has 110 valence electrons. The van der Waals surface area contributed by atoms with E-state index in [9.17, 15) is 4.79 Å². The molecule has 2 heterocycles. The van der Waals surface area contributed by atoms with Gasteiger partial charge in [-0.2, -0.15) is 5.10 Å². The number of carbonyl (C=O) groups is 1. The Bertz CT molecular complexity index is 637. The van der Waals surface area contributed by atoms with E-state index in [1.165, 1.54) is 0 Å². The van der Waals surface area contributed by atoms with E-state index in [0.29, 0.717) is 6.54 Å². The standard InChI is InChI=1S/C15H17BrN4O/c1-20-9-10(6-18-20)13-7-17-8-14(13)15(21)19-12-4-2-11(16)3-5-12/h2-6,9,13-14,17H,7-8H2,1H3,(H,19,21)/t13-,14+/m1/s1. The highest BCUT2D eigenvalue weighted by Crippen LogP contribution is 2.29. The van der Waals surface area contributed by atoms with E-state index in [1.807, 2.05) is 43.7 Å². The molecule has 0 bridgehead atoms. The maximum absolute atomic E-state index is 12.5. The number of anilines is 1. The van der Waals surface area contributed by atoms with Crippen LogP contribution in [0, 0.1) is 5.92 Å². The van der Waals surface area contributed by atoms with Crippen molar-refractivity contribution in [2.24, 2.45) is 13.0 Å². The Kier molecular flexibility index (Phi) is 4.07. The van der Waals surface area contributed by atoms with Gasteiger partial charge in [0, 0.05) is 42.4 Å². The van der Waals surface area contributed by atoms with Gasteiger partial charge in [0.25, 0.3) is 0 Å². The Morgan fingerprint density at radius 2 is 2.14 bits per heavy atom. The third kappa shape index (κ3) is 3.16. The average Bonchev–Trinajstić information content (AvgIpc) is 3.09. The maximum Gasteiger partial charge on any atom is 0.229 e. The van der Waals surface area contributed by atoms with Crippen molar-refractivity contribution in [3.8, 4) is 0 Å². The van der Waals surface area contributed by atoms with Gasteiger partial charge in [0.1, 0.15) is 0 Å². The number of aryl methyl sites for hydroxylation is 1. The van der Waals surface area contributed by atoms with Gasteiger partial charge in [-0.15, -0.1) is 0 Å². The predicted octanol–water partition coefficient (Wildman–Crippen LogP) is 2.12. The molecular weight excluding hydrogens is 332 g/mol. The van der Waals surface area contributed by atoms with Crippen molar-refractivity contribution in [2.45, 2.75) is 5.92 Å². The van der Waals surface area contributed by atoms with Gasteiger partial charge in [0.05, 0.1) is 12.1 Å². The van der Waals surface area contributed by atoms with Crippen LogP contribution >= 0.6 is 15.9 Å². The number of hydrogen-bond donors (Lipinski definition) is 2. The number of nitrogens with one attached hydrogen (secondary N) is 2. The Hall–Kier alpha value is -1.66. The number of amides is 1. The summed E-state index contributed by atoms with van der Waals surface area (Å²) in [6, 6.07) is 7.62. The molecule has 1 aromatic heterocycles. The molecule has 5 nitrogen and oxygen atoms in total. The summed E-state index contributed by atoms with van der Waals surface area (Å²) in [6.07, 6.45) is 3.83. The van der Waals surface area contributed by atoms with Crippen molar-refractivity contribution in [1.82, 2.24) is 15.1 Å². The molecule has 1 aliphatic heterocycles. The van der Waals surface area contributed by atoms with E-state index in [1.54, 1.807) is 4.68 Å². The highest BCUT2D eigenvalue weighted by molar-refractivity contribution is 9.10. The molecule has 0 saturated carbocycles. The zero-order chi connectivity index (χ0) is 14.8. The van der Waals surface area contributed by atoms with Crippen LogP contribution in [0.1, 0.15) is 11.5 Å². The molecule has 0 aliphatic carbocycles. The molecule has 1 saturated heterocycles. The van der Waals surface area contributed by atoms with Gasteiger partial charge in [-0.25, -0.2) is 0 Å². The zero-order valence-electron chi connectivity index (χ0n) is 11.7. The van der Waals surface area contributed by atoms with Crippen molar-refractivity contribution in [3.63, 3.8) is 0 Å². The van der Waals surface area contributed by atoms with E-state index in [4.69, 9.17) is 0 Å². The zero-order valence-corrected chi connectivity index (χ0v) is 13.3. The molecule has 1 aromatic carbocycles. The van der Waals surface area contributed by atoms with Gasteiger partial charge < -0.3 is 10.6 Å². The lowest BCUT2D eigenvalue weighted by molar-refractivity contribution is -0.119. The van der Waals surface area contributed by atoms with Crippen molar-refractivity contribution >= 4 is 27.5 Å². The van der Waals surface area contributed by atoms with E-state index in [0.717, 1.165) is 22.3 Å². The predicted molar refractivity (Wildman–Crippen MR) is 85.1 cm³/mol. The first-order chi connectivity index (χ1) is 10.1. The largest absolute Gasteiger partial charge is 0.326 e. The summed E-state index contributed by atoms with van der Waals surface area (Å²) in [5.74, 6) is 0.156. The molecule has 2 aromatic rings. The second-order valence-electron chi connectivity index (χ2n) is 5.31. The summed E-state index contributed by atoms with van der Waals surface area (Å²) >= 11 is 3.39. The minimum atomic E-state index is -0.0714. The SMILES string of the molecule is Cn1cc([C@H]2CNC[C@@H]2C(=O)Nc2ccc(Br)cc2)cn1. The fourth-order valence-electron chi connectivity index (χ4n) is 2.70. The minimum absolute atomic E-state index is 0.0520. The number of halogens is 1. The lowest BCUT2D eigenvalue weighted by atomic mass is 9.90. The Balaban J connectivity index is 1.72. The monoisotopic (exact) mass is 348 g/mol. The summed E-state index contributed by atoms with van der Waals surface area (Å²) < 4.78 is 2.77. The first-order valence-electron chi connectivity index (χ1n) is 6.89. The number of hydrogen-bond acceptors (Lipinski definition) is 3. The van der Waals surface area contributed by atoms with Crippen molar-refractivity contribution in [3.05, 3.63) is 46.7 Å². The molecule has 21 heavy (non-hydrogen) atoms. The van der Waals surface area contributed by atoms with Gasteiger partial charge in [-0.05, 0) is 29.8 Å². The highest BCUT2D eigenvalue weighted by Gasteiger charge is 2.34. The van der Waals surface area contributed by atoms with Gasteiger partial charge in [-0.3, -0.25) is 9.48 Å². The summed E-state index contributed by atoms with van der Waals surface area (Å²) in [4.78, 5) is 12.5. The van der Waals surface area contributed by atoms with Crippen LogP contribution in [0.2, 0.25) is 0 Å². The molecule has 0 radical (unpaired) electrons. The number of aromatic nitrogens is 2. The van der Waals surface area contributed by atoms with Gasteiger partial charge in [-0.1, -0.05) is 15.9 Å². The molecule has 0 spiro atoms. The number of carbonyl (C=O) groups excluding carboxylic acids is 1. The Morgan fingerprint density at radius 1 is 1.38 bits per heavy atom. The maximum atomic E-state index is 12.5. The molecule has 6 heteroatoms. The second kappa shape index (κ2) is 5.99. The smallest absolute Gasteiger partial charge is 0.229 e. The molecule has 2 N–H and O–H groups in total. The summed E-state index contributed by atoms with van der Waals surface area (Å²) in [5, 5.41) is 10.5. The molecule has 0 unspecified atom stereocenters.